The minimum atomic E-state index is -0.278. The lowest BCUT2D eigenvalue weighted by atomic mass is 10.1. The molecule has 3 nitrogen and oxygen atoms in total. The zero-order valence-corrected chi connectivity index (χ0v) is 12.5. The van der Waals surface area contributed by atoms with Gasteiger partial charge in [0.1, 0.15) is 11.6 Å². The van der Waals surface area contributed by atoms with Crippen LogP contribution in [0.2, 0.25) is 0 Å². The van der Waals surface area contributed by atoms with Crippen molar-refractivity contribution < 1.29 is 13.6 Å². The summed E-state index contributed by atoms with van der Waals surface area (Å²) in [6.45, 7) is 0.277. The van der Waals surface area contributed by atoms with Crippen LogP contribution >= 0.6 is 11.3 Å². The molecule has 3 aromatic rings. The minimum absolute atomic E-state index is 0.276. The molecule has 3 rings (SSSR count). The smallest absolute Gasteiger partial charge is 0.126 e. The number of aromatic nitrogens is 1. The van der Waals surface area contributed by atoms with Gasteiger partial charge in [0, 0.05) is 12.8 Å². The van der Waals surface area contributed by atoms with Crippen LogP contribution in [0.5, 0.6) is 0 Å². The molecule has 1 heterocycles. The highest BCUT2D eigenvalue weighted by molar-refractivity contribution is 7.18. The summed E-state index contributed by atoms with van der Waals surface area (Å²) in [7, 11) is 0. The van der Waals surface area contributed by atoms with Crippen molar-refractivity contribution in [3.63, 3.8) is 0 Å². The average Bonchev–Trinajstić information content (AvgIpc) is 2.87. The predicted molar refractivity (Wildman–Crippen MR) is 82.6 cm³/mol. The molecule has 0 atom stereocenters. The molecule has 1 aromatic heterocycles. The first-order valence-corrected chi connectivity index (χ1v) is 7.61. The van der Waals surface area contributed by atoms with E-state index in [1.807, 2.05) is 6.07 Å². The van der Waals surface area contributed by atoms with Crippen molar-refractivity contribution in [2.24, 2.45) is 5.90 Å². The zero-order valence-electron chi connectivity index (χ0n) is 11.7. The normalized spacial score (nSPS) is 11.2. The Balaban J connectivity index is 1.80. The molecular weight excluding hydrogens is 306 g/mol. The molecule has 0 aliphatic heterocycles. The van der Waals surface area contributed by atoms with Gasteiger partial charge in [-0.05, 0) is 35.4 Å². The van der Waals surface area contributed by atoms with Crippen LogP contribution in [0.25, 0.3) is 10.2 Å². The Kier molecular flexibility index (Phi) is 4.42. The predicted octanol–water partition coefficient (Wildman–Crippen LogP) is 3.60. The number of halogens is 2. The van der Waals surface area contributed by atoms with E-state index in [9.17, 15) is 8.78 Å². The summed E-state index contributed by atoms with van der Waals surface area (Å²) in [4.78, 5) is 8.91. The zero-order chi connectivity index (χ0) is 15.5. The van der Waals surface area contributed by atoms with E-state index in [1.165, 1.54) is 29.5 Å². The van der Waals surface area contributed by atoms with Crippen molar-refractivity contribution in [3.05, 3.63) is 64.2 Å². The van der Waals surface area contributed by atoms with Crippen LogP contribution in [-0.4, -0.2) is 11.6 Å². The maximum Gasteiger partial charge on any atom is 0.126 e. The molecule has 0 saturated carbocycles. The second-order valence-corrected chi connectivity index (χ2v) is 6.06. The second kappa shape index (κ2) is 6.48. The average molecular weight is 320 g/mol. The van der Waals surface area contributed by atoms with Crippen molar-refractivity contribution in [1.82, 2.24) is 4.98 Å². The molecule has 2 N–H and O–H groups in total. The van der Waals surface area contributed by atoms with Gasteiger partial charge in [-0.3, -0.25) is 0 Å². The molecule has 0 saturated heterocycles. The quantitative estimate of drug-likeness (QED) is 0.731. The van der Waals surface area contributed by atoms with Crippen LogP contribution in [0, 0.1) is 11.6 Å². The third-order valence-electron chi connectivity index (χ3n) is 3.36. The maximum atomic E-state index is 14.0. The van der Waals surface area contributed by atoms with Crippen molar-refractivity contribution in [2.75, 3.05) is 6.61 Å². The van der Waals surface area contributed by atoms with Crippen molar-refractivity contribution in [2.45, 2.75) is 12.8 Å². The molecule has 0 spiro atoms. The number of fused-ring (bicyclic) bond motifs is 1. The summed E-state index contributed by atoms with van der Waals surface area (Å²) in [5, 5.41) is 0.832. The summed E-state index contributed by atoms with van der Waals surface area (Å²) in [5.41, 5.74) is 2.16. The lowest BCUT2D eigenvalue weighted by Crippen LogP contribution is -2.05. The minimum Gasteiger partial charge on any atom is -0.304 e. The van der Waals surface area contributed by atoms with Crippen molar-refractivity contribution in [1.29, 1.82) is 0 Å². The number of hydrogen-bond donors (Lipinski definition) is 1. The molecule has 0 radical (unpaired) electrons. The Morgan fingerprint density at radius 2 is 2.00 bits per heavy atom. The van der Waals surface area contributed by atoms with Gasteiger partial charge in [0.25, 0.3) is 0 Å². The van der Waals surface area contributed by atoms with Gasteiger partial charge in [-0.25, -0.2) is 19.7 Å². The lowest BCUT2D eigenvalue weighted by molar-refractivity contribution is 0.140. The number of nitrogens with zero attached hydrogens (tertiary/aromatic N) is 1. The third kappa shape index (κ3) is 3.30. The molecule has 0 unspecified atom stereocenters. The summed E-state index contributed by atoms with van der Waals surface area (Å²) in [6, 6.07) is 9.60. The topological polar surface area (TPSA) is 48.1 Å². The highest BCUT2D eigenvalue weighted by Crippen LogP contribution is 2.25. The fraction of sp³-hybridized carbons (Fsp3) is 0.188. The largest absolute Gasteiger partial charge is 0.304 e. The van der Waals surface area contributed by atoms with E-state index in [2.05, 4.69) is 9.82 Å². The molecule has 0 aliphatic rings. The molecule has 0 amide bonds. The van der Waals surface area contributed by atoms with Crippen LogP contribution in [0.1, 0.15) is 16.1 Å². The molecule has 0 bridgehead atoms. The van der Waals surface area contributed by atoms with E-state index in [0.717, 1.165) is 20.8 Å². The van der Waals surface area contributed by atoms with Gasteiger partial charge in [-0.2, -0.15) is 0 Å². The van der Waals surface area contributed by atoms with Gasteiger partial charge in [0.15, 0.2) is 0 Å². The van der Waals surface area contributed by atoms with Gasteiger partial charge in [-0.1, -0.05) is 12.1 Å². The Morgan fingerprint density at radius 3 is 2.77 bits per heavy atom. The third-order valence-corrected chi connectivity index (χ3v) is 4.38. The number of hydrogen-bond acceptors (Lipinski definition) is 4. The molecule has 22 heavy (non-hydrogen) atoms. The van der Waals surface area contributed by atoms with E-state index in [1.54, 1.807) is 12.1 Å². The standard InChI is InChI=1S/C16H14F2N2OS/c17-12-3-4-14-15(9-12)22-16(20-14)8-10-1-2-11(5-6-21-19)13(18)7-10/h1-4,7,9H,5-6,8,19H2. The van der Waals surface area contributed by atoms with Gasteiger partial charge in [0.05, 0.1) is 21.8 Å². The highest BCUT2D eigenvalue weighted by Gasteiger charge is 2.08. The van der Waals surface area contributed by atoms with E-state index in [4.69, 9.17) is 5.90 Å². The fourth-order valence-corrected chi connectivity index (χ4v) is 3.30. The van der Waals surface area contributed by atoms with E-state index < -0.39 is 0 Å². The van der Waals surface area contributed by atoms with E-state index in [-0.39, 0.29) is 18.2 Å². The van der Waals surface area contributed by atoms with Gasteiger partial charge in [-0.15, -0.1) is 11.3 Å². The Bertz CT molecular complexity index is 804. The fourth-order valence-electron chi connectivity index (χ4n) is 2.27. The lowest BCUT2D eigenvalue weighted by Gasteiger charge is -2.04. The van der Waals surface area contributed by atoms with Gasteiger partial charge < -0.3 is 4.84 Å². The van der Waals surface area contributed by atoms with Crippen LogP contribution < -0.4 is 5.90 Å². The highest BCUT2D eigenvalue weighted by atomic mass is 32.1. The van der Waals surface area contributed by atoms with Crippen LogP contribution in [0.4, 0.5) is 8.78 Å². The molecular formula is C16H14F2N2OS. The number of benzene rings is 2. The van der Waals surface area contributed by atoms with Crippen LogP contribution in [-0.2, 0) is 17.7 Å². The van der Waals surface area contributed by atoms with Gasteiger partial charge in [0.2, 0.25) is 0 Å². The molecule has 2 aromatic carbocycles. The SMILES string of the molecule is NOCCc1ccc(Cc2nc3ccc(F)cc3s2)cc1F. The molecule has 0 aliphatic carbocycles. The molecule has 6 heteroatoms. The molecule has 114 valence electrons. The Morgan fingerprint density at radius 1 is 1.14 bits per heavy atom. The van der Waals surface area contributed by atoms with Crippen molar-refractivity contribution >= 4 is 21.6 Å². The van der Waals surface area contributed by atoms with Crippen LogP contribution in [0.15, 0.2) is 36.4 Å². The molecule has 0 fully saturated rings. The van der Waals surface area contributed by atoms with Crippen molar-refractivity contribution in [3.8, 4) is 0 Å². The monoisotopic (exact) mass is 320 g/mol. The Labute approximate surface area is 130 Å². The summed E-state index contributed by atoms with van der Waals surface area (Å²) in [5.74, 6) is 4.40. The maximum absolute atomic E-state index is 14.0. The van der Waals surface area contributed by atoms with Crippen LogP contribution in [0.3, 0.4) is 0 Å². The first-order valence-electron chi connectivity index (χ1n) is 6.79. The Hall–Kier alpha value is -1.89. The second-order valence-electron chi connectivity index (χ2n) is 4.94. The van der Waals surface area contributed by atoms with E-state index >= 15 is 0 Å². The first kappa shape index (κ1) is 15.0. The number of thiazole rings is 1. The summed E-state index contributed by atoms with van der Waals surface area (Å²) >= 11 is 1.42. The number of rotatable bonds is 5. The summed E-state index contributed by atoms with van der Waals surface area (Å²) < 4.78 is 28.0. The van der Waals surface area contributed by atoms with E-state index in [0.29, 0.717) is 18.4 Å². The van der Waals surface area contributed by atoms with Gasteiger partial charge >= 0.3 is 0 Å². The number of nitrogens with two attached hydrogens (primary N) is 1. The first-order chi connectivity index (χ1) is 10.7. The summed E-state index contributed by atoms with van der Waals surface area (Å²) in [6.07, 6.45) is 0.953.